The molecule has 3 nitrogen and oxygen atoms in total. The number of rotatable bonds is 20. The molecule has 0 fully saturated rings. The van der Waals surface area contributed by atoms with Crippen molar-refractivity contribution in [3.05, 3.63) is 0 Å². The van der Waals surface area contributed by atoms with Gasteiger partial charge in [0.05, 0.1) is 0 Å². The summed E-state index contributed by atoms with van der Waals surface area (Å²) in [4.78, 5) is 11.3. The Balaban J connectivity index is 3.04. The van der Waals surface area contributed by atoms with Crippen molar-refractivity contribution < 1.29 is 9.53 Å². The van der Waals surface area contributed by atoms with Crippen molar-refractivity contribution >= 4 is 5.97 Å². The van der Waals surface area contributed by atoms with Gasteiger partial charge in [0.15, 0.2) is 0 Å². The standard InChI is InChI=1S/C22H45NO2/c1-2-3-4-5-6-7-8-9-10-11-12-13-14-15-16-17-18-19-22(24)25-21-20-23/h2-21,23H2,1H3. The molecule has 2 N–H and O–H groups in total. The van der Waals surface area contributed by atoms with E-state index in [1.165, 1.54) is 96.3 Å². The van der Waals surface area contributed by atoms with E-state index < -0.39 is 0 Å². The van der Waals surface area contributed by atoms with Gasteiger partial charge in [-0.15, -0.1) is 0 Å². The molecule has 0 aliphatic carbocycles. The number of carbonyl (C=O) groups excluding carboxylic acids is 1. The third-order valence-corrected chi connectivity index (χ3v) is 4.87. The van der Waals surface area contributed by atoms with Gasteiger partial charge >= 0.3 is 5.97 Å². The van der Waals surface area contributed by atoms with Gasteiger partial charge in [-0.1, -0.05) is 110 Å². The van der Waals surface area contributed by atoms with Crippen LogP contribution in [0.5, 0.6) is 0 Å². The normalized spacial score (nSPS) is 11.0. The van der Waals surface area contributed by atoms with Crippen LogP contribution in [0.15, 0.2) is 0 Å². The number of nitrogens with two attached hydrogens (primary N) is 1. The van der Waals surface area contributed by atoms with Gasteiger partial charge in [0.2, 0.25) is 0 Å². The molecule has 0 aromatic heterocycles. The highest BCUT2D eigenvalue weighted by molar-refractivity contribution is 5.69. The topological polar surface area (TPSA) is 52.3 Å². The van der Waals surface area contributed by atoms with E-state index in [4.69, 9.17) is 10.5 Å². The van der Waals surface area contributed by atoms with Crippen LogP contribution in [0.2, 0.25) is 0 Å². The summed E-state index contributed by atoms with van der Waals surface area (Å²) in [6.07, 6.45) is 23.7. The lowest BCUT2D eigenvalue weighted by Crippen LogP contribution is -2.13. The van der Waals surface area contributed by atoms with Crippen LogP contribution in [-0.4, -0.2) is 19.1 Å². The van der Waals surface area contributed by atoms with Gasteiger partial charge in [-0.05, 0) is 6.42 Å². The molecule has 0 spiro atoms. The van der Waals surface area contributed by atoms with E-state index in [2.05, 4.69) is 6.92 Å². The van der Waals surface area contributed by atoms with Crippen molar-refractivity contribution in [2.45, 2.75) is 122 Å². The first-order valence-electron chi connectivity index (χ1n) is 11.2. The summed E-state index contributed by atoms with van der Waals surface area (Å²) in [5.41, 5.74) is 5.29. The Morgan fingerprint density at radius 2 is 1.00 bits per heavy atom. The van der Waals surface area contributed by atoms with E-state index in [0.717, 1.165) is 12.8 Å². The van der Waals surface area contributed by atoms with E-state index in [1.54, 1.807) is 0 Å². The van der Waals surface area contributed by atoms with Crippen LogP contribution >= 0.6 is 0 Å². The molecule has 0 aliphatic heterocycles. The monoisotopic (exact) mass is 355 g/mol. The van der Waals surface area contributed by atoms with Crippen molar-refractivity contribution in [1.82, 2.24) is 0 Å². The Labute approximate surface area is 157 Å². The SMILES string of the molecule is CCCCCCCCCCCCCCCCCCCC(=O)OCCN. The van der Waals surface area contributed by atoms with E-state index in [0.29, 0.717) is 19.6 Å². The highest BCUT2D eigenvalue weighted by atomic mass is 16.5. The van der Waals surface area contributed by atoms with Crippen molar-refractivity contribution in [3.63, 3.8) is 0 Å². The highest BCUT2D eigenvalue weighted by Gasteiger charge is 2.01. The predicted octanol–water partition coefficient (Wildman–Crippen LogP) is 6.53. The molecule has 0 aliphatic rings. The molecule has 0 heterocycles. The van der Waals surface area contributed by atoms with E-state index >= 15 is 0 Å². The summed E-state index contributed by atoms with van der Waals surface area (Å²) in [6, 6.07) is 0. The maximum absolute atomic E-state index is 11.3. The molecule has 0 radical (unpaired) electrons. The molecule has 0 saturated carbocycles. The van der Waals surface area contributed by atoms with Crippen LogP contribution in [0.3, 0.4) is 0 Å². The van der Waals surface area contributed by atoms with Gasteiger partial charge in [0.25, 0.3) is 0 Å². The lowest BCUT2D eigenvalue weighted by Gasteiger charge is -2.04. The zero-order valence-corrected chi connectivity index (χ0v) is 17.0. The lowest BCUT2D eigenvalue weighted by molar-refractivity contribution is -0.143. The molecule has 0 aromatic rings. The summed E-state index contributed by atoms with van der Waals surface area (Å²) < 4.78 is 4.96. The maximum atomic E-state index is 11.3. The predicted molar refractivity (Wildman–Crippen MR) is 109 cm³/mol. The minimum atomic E-state index is -0.0913. The first-order chi connectivity index (χ1) is 12.3. The second kappa shape index (κ2) is 21.5. The minimum absolute atomic E-state index is 0.0913. The van der Waals surface area contributed by atoms with Gasteiger partial charge in [-0.3, -0.25) is 4.79 Å². The van der Waals surface area contributed by atoms with Crippen molar-refractivity contribution in [3.8, 4) is 0 Å². The summed E-state index contributed by atoms with van der Waals surface area (Å²) >= 11 is 0. The average Bonchev–Trinajstić information content (AvgIpc) is 2.62. The molecular formula is C22H45NO2. The number of carbonyl (C=O) groups is 1. The molecule has 150 valence electrons. The molecule has 0 rings (SSSR count). The Morgan fingerprint density at radius 3 is 1.36 bits per heavy atom. The van der Waals surface area contributed by atoms with Crippen LogP contribution < -0.4 is 5.73 Å². The van der Waals surface area contributed by atoms with Crippen LogP contribution in [0.25, 0.3) is 0 Å². The fraction of sp³-hybridized carbons (Fsp3) is 0.955. The Kier molecular flexibility index (Phi) is 21.0. The summed E-state index contributed by atoms with van der Waals surface area (Å²) in [7, 11) is 0. The molecule has 25 heavy (non-hydrogen) atoms. The third-order valence-electron chi connectivity index (χ3n) is 4.87. The molecule has 3 heteroatoms. The largest absolute Gasteiger partial charge is 0.464 e. The van der Waals surface area contributed by atoms with Gasteiger partial charge in [0, 0.05) is 13.0 Å². The fourth-order valence-corrected chi connectivity index (χ4v) is 3.24. The van der Waals surface area contributed by atoms with Gasteiger partial charge in [-0.2, -0.15) is 0 Å². The Hall–Kier alpha value is -0.570. The summed E-state index contributed by atoms with van der Waals surface area (Å²) in [5, 5.41) is 0. The van der Waals surface area contributed by atoms with Crippen LogP contribution in [0, 0.1) is 0 Å². The molecular weight excluding hydrogens is 310 g/mol. The van der Waals surface area contributed by atoms with Gasteiger partial charge in [0.1, 0.15) is 6.61 Å². The third kappa shape index (κ3) is 21.4. The molecule has 0 saturated heterocycles. The molecule has 0 aromatic carbocycles. The van der Waals surface area contributed by atoms with Crippen LogP contribution in [-0.2, 0) is 9.53 Å². The van der Waals surface area contributed by atoms with Crippen molar-refractivity contribution in [2.24, 2.45) is 5.73 Å². The van der Waals surface area contributed by atoms with Crippen LogP contribution in [0.1, 0.15) is 122 Å². The Morgan fingerprint density at radius 1 is 0.640 bits per heavy atom. The van der Waals surface area contributed by atoms with E-state index in [9.17, 15) is 4.79 Å². The van der Waals surface area contributed by atoms with Gasteiger partial charge in [-0.25, -0.2) is 0 Å². The summed E-state index contributed by atoms with van der Waals surface area (Å²) in [5.74, 6) is -0.0913. The highest BCUT2D eigenvalue weighted by Crippen LogP contribution is 2.14. The number of unbranched alkanes of at least 4 members (excludes halogenated alkanes) is 16. The average molecular weight is 356 g/mol. The maximum Gasteiger partial charge on any atom is 0.305 e. The second-order valence-electron chi connectivity index (χ2n) is 7.42. The Bertz CT molecular complexity index is 269. The molecule has 0 unspecified atom stereocenters. The zero-order chi connectivity index (χ0) is 18.4. The van der Waals surface area contributed by atoms with Crippen LogP contribution in [0.4, 0.5) is 0 Å². The number of ether oxygens (including phenoxy) is 1. The zero-order valence-electron chi connectivity index (χ0n) is 17.0. The lowest BCUT2D eigenvalue weighted by atomic mass is 10.0. The quantitative estimate of drug-likeness (QED) is 0.199. The number of hydrogen-bond donors (Lipinski definition) is 1. The number of hydrogen-bond acceptors (Lipinski definition) is 3. The molecule has 0 atom stereocenters. The summed E-state index contributed by atoms with van der Waals surface area (Å²) in [6.45, 7) is 3.06. The smallest absolute Gasteiger partial charge is 0.305 e. The molecule has 0 amide bonds. The van der Waals surface area contributed by atoms with Crippen molar-refractivity contribution in [1.29, 1.82) is 0 Å². The first-order valence-corrected chi connectivity index (χ1v) is 11.2. The van der Waals surface area contributed by atoms with Crippen molar-refractivity contribution in [2.75, 3.05) is 13.2 Å². The minimum Gasteiger partial charge on any atom is -0.464 e. The van der Waals surface area contributed by atoms with E-state index in [-0.39, 0.29) is 5.97 Å². The fourth-order valence-electron chi connectivity index (χ4n) is 3.24. The first kappa shape index (κ1) is 24.4. The number of esters is 1. The second-order valence-corrected chi connectivity index (χ2v) is 7.42. The molecule has 0 bridgehead atoms. The van der Waals surface area contributed by atoms with Gasteiger partial charge < -0.3 is 10.5 Å². The van der Waals surface area contributed by atoms with E-state index in [1.807, 2.05) is 0 Å².